The van der Waals surface area contributed by atoms with Crippen LogP contribution in [0.2, 0.25) is 0 Å². The average molecular weight is 416 g/mol. The first kappa shape index (κ1) is 16.3. The molecule has 2 fully saturated rings. The number of para-hydroxylation sites is 1. The molecule has 2 saturated heterocycles. The van der Waals surface area contributed by atoms with E-state index in [1.165, 1.54) is 0 Å². The van der Waals surface area contributed by atoms with Gasteiger partial charge in [-0.25, -0.2) is 15.6 Å². The number of carboxylic acids is 1. The van der Waals surface area contributed by atoms with Gasteiger partial charge in [0.2, 0.25) is 5.60 Å². The van der Waals surface area contributed by atoms with Crippen molar-refractivity contribution in [3.63, 3.8) is 0 Å². The van der Waals surface area contributed by atoms with Crippen LogP contribution in [0.5, 0.6) is 5.75 Å². The van der Waals surface area contributed by atoms with Crippen molar-refractivity contribution >= 4 is 21.9 Å². The normalized spacial score (nSPS) is 34.5. The van der Waals surface area contributed by atoms with Gasteiger partial charge in [-0.1, -0.05) is 46.3 Å². The molecular formula is C19H18BrN3O3. The number of carbonyl (C=O) groups is 1. The summed E-state index contributed by atoms with van der Waals surface area (Å²) >= 11 is 3.45. The third-order valence-electron chi connectivity index (χ3n) is 5.72. The zero-order chi connectivity index (χ0) is 17.9. The molecular weight excluding hydrogens is 398 g/mol. The second-order valence-electron chi connectivity index (χ2n) is 7.08. The summed E-state index contributed by atoms with van der Waals surface area (Å²) < 4.78 is 7.20. The van der Waals surface area contributed by atoms with Crippen molar-refractivity contribution in [2.75, 3.05) is 0 Å². The number of nitrogens with one attached hydrogen (secondary N) is 3. The van der Waals surface area contributed by atoms with E-state index >= 15 is 0 Å². The Hall–Kier alpha value is -1.93. The third kappa shape index (κ3) is 2.24. The summed E-state index contributed by atoms with van der Waals surface area (Å²) in [5.74, 6) is -0.564. The SMILES string of the molecule is O=C(O)C12CC(NC3NNC(c4ccc(Br)cc4)C31)c1ccccc1O2. The van der Waals surface area contributed by atoms with Gasteiger partial charge >= 0.3 is 5.97 Å². The first-order valence-electron chi connectivity index (χ1n) is 8.62. The highest BCUT2D eigenvalue weighted by molar-refractivity contribution is 9.10. The smallest absolute Gasteiger partial charge is 0.348 e. The molecule has 26 heavy (non-hydrogen) atoms. The van der Waals surface area contributed by atoms with E-state index in [-0.39, 0.29) is 24.2 Å². The number of halogens is 1. The Balaban J connectivity index is 1.61. The maximum Gasteiger partial charge on any atom is 0.348 e. The molecule has 4 N–H and O–H groups in total. The number of aliphatic carboxylic acids is 1. The van der Waals surface area contributed by atoms with Crippen LogP contribution in [0.4, 0.5) is 0 Å². The Kier molecular flexibility index (Phi) is 3.62. The number of piperidine rings is 1. The fourth-order valence-corrected chi connectivity index (χ4v) is 4.82. The van der Waals surface area contributed by atoms with Crippen molar-refractivity contribution in [2.24, 2.45) is 5.92 Å². The second-order valence-corrected chi connectivity index (χ2v) is 7.99. The molecule has 5 atom stereocenters. The molecule has 2 bridgehead atoms. The lowest BCUT2D eigenvalue weighted by atomic mass is 9.69. The first-order chi connectivity index (χ1) is 12.6. The number of fused-ring (bicyclic) bond motifs is 6. The predicted molar refractivity (Wildman–Crippen MR) is 98.4 cm³/mol. The lowest BCUT2D eigenvalue weighted by molar-refractivity contribution is -0.170. The molecule has 0 aromatic heterocycles. The molecule has 134 valence electrons. The summed E-state index contributed by atoms with van der Waals surface area (Å²) in [6.45, 7) is 0. The fraction of sp³-hybridized carbons (Fsp3) is 0.316. The van der Waals surface area contributed by atoms with E-state index < -0.39 is 11.6 Å². The number of carboxylic acid groups (broad SMARTS) is 1. The summed E-state index contributed by atoms with van der Waals surface area (Å²) in [5.41, 5.74) is 7.27. The fourth-order valence-electron chi connectivity index (χ4n) is 4.55. The van der Waals surface area contributed by atoms with Crippen LogP contribution in [0.25, 0.3) is 0 Å². The summed E-state index contributed by atoms with van der Waals surface area (Å²) in [6.07, 6.45) is 0.198. The van der Waals surface area contributed by atoms with Crippen molar-refractivity contribution in [3.05, 3.63) is 64.1 Å². The number of ether oxygens (including phenoxy) is 1. The predicted octanol–water partition coefficient (Wildman–Crippen LogP) is 2.49. The molecule has 5 rings (SSSR count). The Bertz CT molecular complexity index is 875. The Morgan fingerprint density at radius 1 is 1.15 bits per heavy atom. The molecule has 0 radical (unpaired) electrons. The van der Waals surface area contributed by atoms with Gasteiger partial charge in [-0.2, -0.15) is 0 Å². The van der Waals surface area contributed by atoms with Gasteiger partial charge in [-0.3, -0.25) is 5.32 Å². The van der Waals surface area contributed by atoms with Crippen molar-refractivity contribution in [1.82, 2.24) is 16.2 Å². The highest BCUT2D eigenvalue weighted by Gasteiger charge is 2.63. The Morgan fingerprint density at radius 3 is 2.69 bits per heavy atom. The molecule has 2 aromatic rings. The van der Waals surface area contributed by atoms with Crippen LogP contribution in [-0.2, 0) is 4.79 Å². The first-order valence-corrected chi connectivity index (χ1v) is 9.42. The minimum absolute atomic E-state index is 0.0599. The average Bonchev–Trinajstić information content (AvgIpc) is 3.07. The van der Waals surface area contributed by atoms with E-state index in [0.717, 1.165) is 15.6 Å². The monoisotopic (exact) mass is 415 g/mol. The molecule has 0 amide bonds. The molecule has 3 aliphatic rings. The Labute approximate surface area is 159 Å². The molecule has 3 aliphatic heterocycles. The van der Waals surface area contributed by atoms with Crippen LogP contribution in [0, 0.1) is 5.92 Å². The number of benzene rings is 2. The zero-order valence-corrected chi connectivity index (χ0v) is 15.4. The molecule has 3 heterocycles. The maximum absolute atomic E-state index is 12.5. The number of hydrogen-bond acceptors (Lipinski definition) is 5. The summed E-state index contributed by atoms with van der Waals surface area (Å²) in [5, 5.41) is 13.8. The quantitative estimate of drug-likeness (QED) is 0.603. The topological polar surface area (TPSA) is 82.6 Å². The Morgan fingerprint density at radius 2 is 1.92 bits per heavy atom. The van der Waals surface area contributed by atoms with Gasteiger partial charge in [0, 0.05) is 22.5 Å². The minimum atomic E-state index is -1.29. The summed E-state index contributed by atoms with van der Waals surface area (Å²) in [4.78, 5) is 12.5. The van der Waals surface area contributed by atoms with E-state index in [4.69, 9.17) is 4.74 Å². The summed E-state index contributed by atoms with van der Waals surface area (Å²) in [6, 6.07) is 15.4. The number of hydrogen-bond donors (Lipinski definition) is 4. The van der Waals surface area contributed by atoms with Crippen molar-refractivity contribution in [3.8, 4) is 5.75 Å². The molecule has 6 nitrogen and oxygen atoms in total. The lowest BCUT2D eigenvalue weighted by Gasteiger charge is -2.50. The zero-order valence-electron chi connectivity index (χ0n) is 13.8. The molecule has 2 aromatic carbocycles. The largest absolute Gasteiger partial charge is 0.478 e. The molecule has 0 spiro atoms. The van der Waals surface area contributed by atoms with Crippen LogP contribution in [0.15, 0.2) is 53.0 Å². The van der Waals surface area contributed by atoms with Crippen molar-refractivity contribution < 1.29 is 14.6 Å². The van der Waals surface area contributed by atoms with Crippen LogP contribution in [0.3, 0.4) is 0 Å². The number of rotatable bonds is 2. The van der Waals surface area contributed by atoms with Crippen molar-refractivity contribution in [2.45, 2.75) is 30.3 Å². The van der Waals surface area contributed by atoms with Gasteiger partial charge in [-0.15, -0.1) is 0 Å². The van der Waals surface area contributed by atoms with Crippen LogP contribution in [0.1, 0.15) is 29.6 Å². The van der Waals surface area contributed by atoms with E-state index in [9.17, 15) is 9.90 Å². The highest BCUT2D eigenvalue weighted by atomic mass is 79.9. The molecule has 5 unspecified atom stereocenters. The van der Waals surface area contributed by atoms with Gasteiger partial charge in [0.1, 0.15) is 5.75 Å². The third-order valence-corrected chi connectivity index (χ3v) is 6.25. The van der Waals surface area contributed by atoms with Gasteiger partial charge in [0.05, 0.1) is 18.1 Å². The standard InChI is InChI=1S/C19H18BrN3O3/c20-11-7-5-10(6-8-11)16-15-17(23-22-16)21-13-9-19(15,18(24)25)26-14-4-2-1-3-12(13)14/h1-8,13,15-17,21-23H,9H2,(H,24,25). The lowest BCUT2D eigenvalue weighted by Crippen LogP contribution is -2.66. The molecule has 7 heteroatoms. The van der Waals surface area contributed by atoms with Gasteiger partial charge in [-0.05, 0) is 23.8 Å². The highest BCUT2D eigenvalue weighted by Crippen LogP contribution is 2.51. The van der Waals surface area contributed by atoms with Gasteiger partial charge in [0.25, 0.3) is 0 Å². The second kappa shape index (κ2) is 5.79. The van der Waals surface area contributed by atoms with Gasteiger partial charge < -0.3 is 9.84 Å². The maximum atomic E-state index is 12.5. The van der Waals surface area contributed by atoms with E-state index in [0.29, 0.717) is 12.2 Å². The van der Waals surface area contributed by atoms with E-state index in [1.807, 2.05) is 48.5 Å². The number of hydrazine groups is 1. The van der Waals surface area contributed by atoms with Crippen molar-refractivity contribution in [1.29, 1.82) is 0 Å². The van der Waals surface area contributed by atoms with E-state index in [1.54, 1.807) is 0 Å². The van der Waals surface area contributed by atoms with Crippen LogP contribution in [-0.4, -0.2) is 22.8 Å². The minimum Gasteiger partial charge on any atom is -0.478 e. The summed E-state index contributed by atoms with van der Waals surface area (Å²) in [7, 11) is 0. The molecule has 0 aliphatic carbocycles. The van der Waals surface area contributed by atoms with E-state index in [2.05, 4.69) is 32.1 Å². The molecule has 0 saturated carbocycles. The van der Waals surface area contributed by atoms with Crippen LogP contribution >= 0.6 is 15.9 Å². The van der Waals surface area contributed by atoms with Crippen LogP contribution < -0.4 is 20.9 Å². The van der Waals surface area contributed by atoms with Gasteiger partial charge in [0.15, 0.2) is 0 Å².